The van der Waals surface area contributed by atoms with Gasteiger partial charge < -0.3 is 4.90 Å². The monoisotopic (exact) mass is 443 g/mol. The molecule has 6 rings (SSSR count). The van der Waals surface area contributed by atoms with Crippen LogP contribution >= 0.6 is 0 Å². The highest BCUT2D eigenvalue weighted by Gasteiger charge is 2.42. The molecular weight excluding hydrogens is 418 g/mol. The minimum absolute atomic E-state index is 0.236. The molecule has 9 nitrogen and oxygen atoms in total. The largest absolute Gasteiger partial charge is 0.334 e. The average Bonchev–Trinajstić information content (AvgIpc) is 3.58. The molecule has 4 heterocycles. The minimum Gasteiger partial charge on any atom is -0.334 e. The van der Waals surface area contributed by atoms with Crippen LogP contribution < -0.4 is 0 Å². The van der Waals surface area contributed by atoms with Gasteiger partial charge in [-0.3, -0.25) is 9.69 Å². The zero-order valence-electron chi connectivity index (χ0n) is 18.2. The van der Waals surface area contributed by atoms with Crippen LogP contribution in [0.15, 0.2) is 59.7 Å². The molecule has 1 amide bonds. The summed E-state index contributed by atoms with van der Waals surface area (Å²) in [4.78, 5) is 21.8. The Labute approximate surface area is 191 Å². The Morgan fingerprint density at radius 2 is 1.73 bits per heavy atom. The van der Waals surface area contributed by atoms with Crippen LogP contribution in [-0.4, -0.2) is 72.5 Å². The molecule has 168 valence electrons. The highest BCUT2D eigenvalue weighted by Crippen LogP contribution is 2.31. The number of likely N-dealkylation sites (tertiary alicyclic amines) is 1. The standard InChI is InChI=1S/C24H25N7O2/c32-24(12-17-1-4-19(5-2-17)30-16-25-15-26-30)31-20-6-7-21(31)14-29(13-20)10-9-18-3-8-22-23(11-18)28-33-27-22/h1-5,8,11,15-16,20-21H,6-7,9-10,12-14H2. The van der Waals surface area contributed by atoms with Crippen molar-refractivity contribution < 1.29 is 9.42 Å². The molecular formula is C24H25N7O2. The number of aromatic nitrogens is 5. The molecule has 0 N–H and O–H groups in total. The van der Waals surface area contributed by atoms with E-state index < -0.39 is 0 Å². The number of hydrogen-bond acceptors (Lipinski definition) is 7. The number of carbonyl (C=O) groups excluding carboxylic acids is 1. The zero-order valence-corrected chi connectivity index (χ0v) is 18.2. The van der Waals surface area contributed by atoms with E-state index in [0.29, 0.717) is 18.5 Å². The van der Waals surface area contributed by atoms with Crippen molar-refractivity contribution in [2.24, 2.45) is 0 Å². The van der Waals surface area contributed by atoms with Gasteiger partial charge in [-0.2, -0.15) is 5.10 Å². The number of benzene rings is 2. The number of nitrogens with zero attached hydrogens (tertiary/aromatic N) is 7. The van der Waals surface area contributed by atoms with Crippen LogP contribution in [0, 0.1) is 0 Å². The van der Waals surface area contributed by atoms with Crippen molar-refractivity contribution in [2.75, 3.05) is 19.6 Å². The predicted octanol–water partition coefficient (Wildman–Crippen LogP) is 2.26. The Balaban J connectivity index is 1.06. The lowest BCUT2D eigenvalue weighted by Gasteiger charge is -2.41. The molecule has 0 saturated carbocycles. The summed E-state index contributed by atoms with van der Waals surface area (Å²) in [7, 11) is 0. The van der Waals surface area contributed by atoms with E-state index in [-0.39, 0.29) is 5.91 Å². The number of hydrogen-bond donors (Lipinski definition) is 0. The van der Waals surface area contributed by atoms with E-state index in [1.807, 2.05) is 36.4 Å². The summed E-state index contributed by atoms with van der Waals surface area (Å²) in [6, 6.07) is 14.7. The first-order chi connectivity index (χ1) is 16.2. The molecule has 2 aromatic heterocycles. The molecule has 2 aliphatic heterocycles. The first kappa shape index (κ1) is 20.0. The summed E-state index contributed by atoms with van der Waals surface area (Å²) in [6.45, 7) is 2.87. The summed E-state index contributed by atoms with van der Waals surface area (Å²) in [5, 5.41) is 12.0. The average molecular weight is 444 g/mol. The van der Waals surface area contributed by atoms with Gasteiger partial charge in [0.15, 0.2) is 0 Å². The van der Waals surface area contributed by atoms with Gasteiger partial charge in [0.1, 0.15) is 23.7 Å². The summed E-state index contributed by atoms with van der Waals surface area (Å²) in [5.41, 5.74) is 4.80. The molecule has 2 aliphatic rings. The molecule has 2 aromatic carbocycles. The maximum absolute atomic E-state index is 13.2. The summed E-state index contributed by atoms with van der Waals surface area (Å²) in [6.07, 6.45) is 6.76. The van der Waals surface area contributed by atoms with Crippen molar-refractivity contribution in [1.82, 2.24) is 34.9 Å². The van der Waals surface area contributed by atoms with E-state index in [0.717, 1.165) is 61.2 Å². The second-order valence-corrected chi connectivity index (χ2v) is 8.97. The van der Waals surface area contributed by atoms with Gasteiger partial charge >= 0.3 is 0 Å². The fourth-order valence-electron chi connectivity index (χ4n) is 5.22. The van der Waals surface area contributed by atoms with Crippen LogP contribution in [0.3, 0.4) is 0 Å². The lowest BCUT2D eigenvalue weighted by atomic mass is 10.1. The molecule has 2 saturated heterocycles. The van der Waals surface area contributed by atoms with Crippen molar-refractivity contribution >= 4 is 16.9 Å². The lowest BCUT2D eigenvalue weighted by Crippen LogP contribution is -2.56. The highest BCUT2D eigenvalue weighted by molar-refractivity contribution is 5.80. The summed E-state index contributed by atoms with van der Waals surface area (Å²) in [5.74, 6) is 0.236. The number of amides is 1. The van der Waals surface area contributed by atoms with Gasteiger partial charge in [-0.05, 0) is 65.0 Å². The van der Waals surface area contributed by atoms with E-state index >= 15 is 0 Å². The molecule has 4 aromatic rings. The Kier molecular flexibility index (Phi) is 5.10. The molecule has 9 heteroatoms. The summed E-state index contributed by atoms with van der Waals surface area (Å²) >= 11 is 0. The van der Waals surface area contributed by atoms with Gasteiger partial charge in [0.05, 0.1) is 12.1 Å². The van der Waals surface area contributed by atoms with E-state index in [1.54, 1.807) is 11.0 Å². The SMILES string of the molecule is O=C(Cc1ccc(-n2cncn2)cc1)N1C2CCC1CN(CCc1ccc3nonc3c1)C2. The molecule has 0 radical (unpaired) electrons. The number of rotatable bonds is 6. The van der Waals surface area contributed by atoms with Crippen LogP contribution in [0.25, 0.3) is 16.7 Å². The molecule has 33 heavy (non-hydrogen) atoms. The molecule has 2 unspecified atom stereocenters. The highest BCUT2D eigenvalue weighted by atomic mass is 16.6. The van der Waals surface area contributed by atoms with E-state index in [2.05, 4.69) is 36.3 Å². The van der Waals surface area contributed by atoms with Crippen LogP contribution in [0.4, 0.5) is 0 Å². The van der Waals surface area contributed by atoms with Crippen LogP contribution in [0.2, 0.25) is 0 Å². The molecule has 0 spiro atoms. The first-order valence-corrected chi connectivity index (χ1v) is 11.4. The van der Waals surface area contributed by atoms with Gasteiger partial charge in [-0.15, -0.1) is 0 Å². The van der Waals surface area contributed by atoms with Crippen molar-refractivity contribution in [3.05, 3.63) is 66.2 Å². The van der Waals surface area contributed by atoms with Crippen LogP contribution in [0.1, 0.15) is 24.0 Å². The first-order valence-electron chi connectivity index (χ1n) is 11.4. The van der Waals surface area contributed by atoms with E-state index in [4.69, 9.17) is 4.63 Å². The third-order valence-corrected chi connectivity index (χ3v) is 6.86. The van der Waals surface area contributed by atoms with Gasteiger partial charge in [0, 0.05) is 31.7 Å². The maximum Gasteiger partial charge on any atom is 0.227 e. The number of carbonyl (C=O) groups is 1. The second-order valence-electron chi connectivity index (χ2n) is 8.97. The van der Waals surface area contributed by atoms with E-state index in [1.165, 1.54) is 11.9 Å². The Bertz CT molecular complexity index is 1240. The van der Waals surface area contributed by atoms with Crippen molar-refractivity contribution in [2.45, 2.75) is 37.8 Å². The van der Waals surface area contributed by atoms with Crippen molar-refractivity contribution in [3.63, 3.8) is 0 Å². The lowest BCUT2D eigenvalue weighted by molar-refractivity contribution is -0.136. The third kappa shape index (κ3) is 4.00. The topological polar surface area (TPSA) is 93.2 Å². The number of fused-ring (bicyclic) bond motifs is 3. The zero-order chi connectivity index (χ0) is 22.2. The quantitative estimate of drug-likeness (QED) is 0.451. The van der Waals surface area contributed by atoms with Gasteiger partial charge in [0.25, 0.3) is 0 Å². The molecule has 2 atom stereocenters. The van der Waals surface area contributed by atoms with Gasteiger partial charge in [-0.1, -0.05) is 18.2 Å². The minimum atomic E-state index is 0.236. The Morgan fingerprint density at radius 1 is 0.970 bits per heavy atom. The molecule has 0 aliphatic carbocycles. The van der Waals surface area contributed by atoms with E-state index in [9.17, 15) is 4.79 Å². The van der Waals surface area contributed by atoms with Crippen molar-refractivity contribution in [1.29, 1.82) is 0 Å². The van der Waals surface area contributed by atoms with Crippen LogP contribution in [0.5, 0.6) is 0 Å². The van der Waals surface area contributed by atoms with Crippen molar-refractivity contribution in [3.8, 4) is 5.69 Å². The number of piperazine rings is 1. The van der Waals surface area contributed by atoms with Gasteiger partial charge in [0.2, 0.25) is 5.91 Å². The fraction of sp³-hybridized carbons (Fsp3) is 0.375. The third-order valence-electron chi connectivity index (χ3n) is 6.86. The normalized spacial score (nSPS) is 20.5. The van der Waals surface area contributed by atoms with Crippen LogP contribution in [-0.2, 0) is 17.6 Å². The smallest absolute Gasteiger partial charge is 0.227 e. The Morgan fingerprint density at radius 3 is 2.48 bits per heavy atom. The molecule has 2 bridgehead atoms. The molecule has 2 fully saturated rings. The summed E-state index contributed by atoms with van der Waals surface area (Å²) < 4.78 is 6.51. The maximum atomic E-state index is 13.2. The fourth-order valence-corrected chi connectivity index (χ4v) is 5.22. The van der Waals surface area contributed by atoms with Gasteiger partial charge in [-0.25, -0.2) is 14.3 Å². The Hall–Kier alpha value is -3.59. The second kappa shape index (κ2) is 8.40. The predicted molar refractivity (Wildman–Crippen MR) is 121 cm³/mol.